The van der Waals surface area contributed by atoms with Gasteiger partial charge in [-0.15, -0.1) is 0 Å². The van der Waals surface area contributed by atoms with Crippen molar-refractivity contribution in [3.8, 4) is 0 Å². The van der Waals surface area contributed by atoms with E-state index in [2.05, 4.69) is 16.0 Å². The van der Waals surface area contributed by atoms with Gasteiger partial charge in [0.25, 0.3) is 0 Å². The van der Waals surface area contributed by atoms with Crippen LogP contribution in [0.5, 0.6) is 0 Å². The first-order valence-electron chi connectivity index (χ1n) is 4.21. The van der Waals surface area contributed by atoms with Gasteiger partial charge in [-0.3, -0.25) is 0 Å². The van der Waals surface area contributed by atoms with Crippen molar-refractivity contribution in [1.29, 1.82) is 0 Å². The third kappa shape index (κ3) is 1.41. The second-order valence-corrected chi connectivity index (χ2v) is 2.99. The van der Waals surface area contributed by atoms with Crippen molar-refractivity contribution in [2.75, 3.05) is 21.1 Å². The molecule has 0 bridgehead atoms. The molecule has 0 atom stereocenters. The molecular formula is C8H18N3. The molecule has 1 aliphatic rings. The monoisotopic (exact) mass is 156 g/mol. The highest BCUT2D eigenvalue weighted by molar-refractivity contribution is 5.13. The molecule has 3 nitrogen and oxygen atoms in total. The summed E-state index contributed by atoms with van der Waals surface area (Å²) in [6, 6.07) is 1.38. The number of likely N-dealkylation sites (N-methyl/N-ethyl adjacent to an activating group) is 3. The number of nitrogens with one attached hydrogen (secondary N) is 3. The number of rotatable bonds is 3. The predicted octanol–water partition coefficient (Wildman–Crippen LogP) is 0.0568. The first-order chi connectivity index (χ1) is 5.29. The van der Waals surface area contributed by atoms with E-state index in [1.165, 1.54) is 25.3 Å². The zero-order chi connectivity index (χ0) is 8.32. The van der Waals surface area contributed by atoms with Crippen LogP contribution in [-0.2, 0) is 0 Å². The Morgan fingerprint density at radius 1 is 1.18 bits per heavy atom. The van der Waals surface area contributed by atoms with Gasteiger partial charge in [-0.2, -0.15) is 0 Å². The summed E-state index contributed by atoms with van der Waals surface area (Å²) >= 11 is 0. The van der Waals surface area contributed by atoms with Crippen LogP contribution in [0.15, 0.2) is 0 Å². The molecule has 0 spiro atoms. The Hall–Kier alpha value is -0.120. The summed E-state index contributed by atoms with van der Waals surface area (Å²) in [5.41, 5.74) is 0.0503. The maximum Gasteiger partial charge on any atom is 0.0888 e. The molecule has 1 rings (SSSR count). The van der Waals surface area contributed by atoms with E-state index in [4.69, 9.17) is 0 Å². The SMILES string of the molecule is CN[C]1CCCC1(NC)NC. The molecule has 0 aromatic carbocycles. The average molecular weight is 156 g/mol. The first-order valence-corrected chi connectivity index (χ1v) is 4.21. The van der Waals surface area contributed by atoms with Gasteiger partial charge in [0.05, 0.1) is 11.7 Å². The molecule has 1 fully saturated rings. The van der Waals surface area contributed by atoms with Crippen LogP contribution >= 0.6 is 0 Å². The van der Waals surface area contributed by atoms with Gasteiger partial charge in [0.1, 0.15) is 0 Å². The van der Waals surface area contributed by atoms with Crippen molar-refractivity contribution in [2.45, 2.75) is 24.9 Å². The van der Waals surface area contributed by atoms with Crippen LogP contribution in [0.1, 0.15) is 19.3 Å². The van der Waals surface area contributed by atoms with Crippen LogP contribution in [0.3, 0.4) is 0 Å². The molecule has 0 amide bonds. The van der Waals surface area contributed by atoms with Crippen molar-refractivity contribution in [3.05, 3.63) is 6.04 Å². The second kappa shape index (κ2) is 3.52. The molecule has 3 heteroatoms. The van der Waals surface area contributed by atoms with Gasteiger partial charge < -0.3 is 16.0 Å². The van der Waals surface area contributed by atoms with E-state index >= 15 is 0 Å². The van der Waals surface area contributed by atoms with Crippen molar-refractivity contribution in [1.82, 2.24) is 16.0 Å². The van der Waals surface area contributed by atoms with Gasteiger partial charge in [0.15, 0.2) is 0 Å². The molecule has 1 radical (unpaired) electrons. The lowest BCUT2D eigenvalue weighted by atomic mass is 10.1. The summed E-state index contributed by atoms with van der Waals surface area (Å²) in [7, 11) is 5.99. The van der Waals surface area contributed by atoms with Gasteiger partial charge in [-0.1, -0.05) is 0 Å². The smallest absolute Gasteiger partial charge is 0.0888 e. The van der Waals surface area contributed by atoms with E-state index in [-0.39, 0.29) is 5.66 Å². The molecule has 0 heterocycles. The third-order valence-electron chi connectivity index (χ3n) is 2.65. The highest BCUT2D eigenvalue weighted by Crippen LogP contribution is 2.32. The van der Waals surface area contributed by atoms with Gasteiger partial charge in [-0.25, -0.2) is 0 Å². The van der Waals surface area contributed by atoms with Crippen molar-refractivity contribution in [2.24, 2.45) is 0 Å². The van der Waals surface area contributed by atoms with Gasteiger partial charge in [-0.05, 0) is 40.4 Å². The fourth-order valence-electron chi connectivity index (χ4n) is 1.91. The van der Waals surface area contributed by atoms with Crippen LogP contribution in [0.2, 0.25) is 0 Å². The van der Waals surface area contributed by atoms with Crippen molar-refractivity contribution >= 4 is 0 Å². The molecule has 3 N–H and O–H groups in total. The van der Waals surface area contributed by atoms with Gasteiger partial charge >= 0.3 is 0 Å². The van der Waals surface area contributed by atoms with E-state index in [0.29, 0.717) is 0 Å². The summed E-state index contributed by atoms with van der Waals surface area (Å²) in [5.74, 6) is 0. The molecule has 65 valence electrons. The van der Waals surface area contributed by atoms with E-state index in [9.17, 15) is 0 Å². The number of hydrogen-bond acceptors (Lipinski definition) is 3. The minimum absolute atomic E-state index is 0.0503. The van der Waals surface area contributed by atoms with Crippen LogP contribution in [0.4, 0.5) is 0 Å². The molecule has 1 saturated carbocycles. The van der Waals surface area contributed by atoms with Crippen LogP contribution in [0, 0.1) is 6.04 Å². The lowest BCUT2D eigenvalue weighted by molar-refractivity contribution is 0.310. The Morgan fingerprint density at radius 2 is 1.82 bits per heavy atom. The quantitative estimate of drug-likeness (QED) is 0.506. The highest BCUT2D eigenvalue weighted by atomic mass is 15.2. The topological polar surface area (TPSA) is 36.1 Å². The average Bonchev–Trinajstić information content (AvgIpc) is 2.47. The zero-order valence-electron chi connectivity index (χ0n) is 7.62. The molecule has 1 aliphatic carbocycles. The summed E-state index contributed by atoms with van der Waals surface area (Å²) in [6.45, 7) is 0. The van der Waals surface area contributed by atoms with Gasteiger partial charge in [0.2, 0.25) is 0 Å². The second-order valence-electron chi connectivity index (χ2n) is 2.99. The summed E-state index contributed by atoms with van der Waals surface area (Å²) in [5, 5.41) is 9.88. The predicted molar refractivity (Wildman–Crippen MR) is 47.0 cm³/mol. The Bertz CT molecular complexity index is 121. The lowest BCUT2D eigenvalue weighted by Crippen LogP contribution is -2.58. The minimum Gasteiger partial charge on any atom is -0.310 e. The Morgan fingerprint density at radius 3 is 2.18 bits per heavy atom. The Balaban J connectivity index is 2.63. The molecule has 0 aromatic heterocycles. The fraction of sp³-hybridized carbons (Fsp3) is 0.875. The highest BCUT2D eigenvalue weighted by Gasteiger charge is 2.39. The molecule has 11 heavy (non-hydrogen) atoms. The van der Waals surface area contributed by atoms with E-state index < -0.39 is 0 Å². The van der Waals surface area contributed by atoms with E-state index in [1.54, 1.807) is 0 Å². The largest absolute Gasteiger partial charge is 0.310 e. The lowest BCUT2D eigenvalue weighted by Gasteiger charge is -2.34. The molecule has 0 aliphatic heterocycles. The summed E-state index contributed by atoms with van der Waals surface area (Å²) in [4.78, 5) is 0. The maximum atomic E-state index is 3.32. The number of hydrogen-bond donors (Lipinski definition) is 3. The molecular weight excluding hydrogens is 138 g/mol. The van der Waals surface area contributed by atoms with E-state index in [0.717, 1.165) is 0 Å². The summed E-state index contributed by atoms with van der Waals surface area (Å²) in [6.07, 6.45) is 3.62. The fourth-order valence-corrected chi connectivity index (χ4v) is 1.91. The molecule has 0 saturated heterocycles. The molecule has 0 aromatic rings. The Kier molecular flexibility index (Phi) is 2.87. The normalized spacial score (nSPS) is 24.3. The summed E-state index contributed by atoms with van der Waals surface area (Å²) < 4.78 is 0. The Labute approximate surface area is 68.9 Å². The van der Waals surface area contributed by atoms with E-state index in [1.807, 2.05) is 21.1 Å². The van der Waals surface area contributed by atoms with Crippen molar-refractivity contribution in [3.63, 3.8) is 0 Å². The minimum atomic E-state index is 0.0503. The zero-order valence-corrected chi connectivity index (χ0v) is 7.62. The van der Waals surface area contributed by atoms with Crippen LogP contribution in [0.25, 0.3) is 0 Å². The standard InChI is InChI=1S/C8H18N3/c1-9-7-5-4-6-8(7,10-2)11-3/h9-11H,4-6H2,1-3H3. The van der Waals surface area contributed by atoms with Crippen LogP contribution < -0.4 is 16.0 Å². The van der Waals surface area contributed by atoms with Crippen molar-refractivity contribution < 1.29 is 0 Å². The maximum absolute atomic E-state index is 3.32. The molecule has 0 unspecified atom stereocenters. The first kappa shape index (κ1) is 8.97. The third-order valence-corrected chi connectivity index (χ3v) is 2.65. The van der Waals surface area contributed by atoms with Crippen LogP contribution in [-0.4, -0.2) is 26.8 Å². The van der Waals surface area contributed by atoms with Gasteiger partial charge in [0, 0.05) is 0 Å².